The van der Waals surface area contributed by atoms with Crippen LogP contribution >= 0.6 is 0 Å². The Kier molecular flexibility index (Phi) is 5.43. The summed E-state index contributed by atoms with van der Waals surface area (Å²) in [6, 6.07) is -0.691. The molecule has 0 bridgehead atoms. The van der Waals surface area contributed by atoms with Crippen LogP contribution < -0.4 is 5.32 Å². The molecule has 0 unspecified atom stereocenters. The molecule has 80 valence electrons. The van der Waals surface area contributed by atoms with Crippen molar-refractivity contribution in [3.63, 3.8) is 0 Å². The molecule has 14 heavy (non-hydrogen) atoms. The van der Waals surface area contributed by atoms with Gasteiger partial charge in [-0.1, -0.05) is 10.2 Å². The average Bonchev–Trinajstić information content (AvgIpc) is 1.98. The molecule has 6 nitrogen and oxygen atoms in total. The van der Waals surface area contributed by atoms with Crippen LogP contribution in [0.5, 0.6) is 0 Å². The molecule has 0 saturated carbocycles. The first-order valence-electron chi connectivity index (χ1n) is 4.34. The number of carbonyl (C=O) groups is 2. The first kappa shape index (κ1) is 12.5. The predicted octanol–water partition coefficient (Wildman–Crippen LogP) is 2.10. The molecule has 0 fully saturated rings. The van der Waals surface area contributed by atoms with Gasteiger partial charge in [-0.05, 0) is 27.7 Å². The van der Waals surface area contributed by atoms with Crippen LogP contribution in [0, 0.1) is 0 Å². The average molecular weight is 201 g/mol. The Morgan fingerprint density at radius 1 is 1.14 bits per heavy atom. The van der Waals surface area contributed by atoms with E-state index in [1.54, 1.807) is 27.7 Å². The van der Waals surface area contributed by atoms with Crippen LogP contribution in [0.25, 0.3) is 0 Å². The molecule has 0 aliphatic heterocycles. The van der Waals surface area contributed by atoms with E-state index in [0.29, 0.717) is 0 Å². The maximum atomic E-state index is 10.9. The second kappa shape index (κ2) is 6.06. The van der Waals surface area contributed by atoms with Gasteiger partial charge in [0.1, 0.15) is 0 Å². The van der Waals surface area contributed by atoms with E-state index >= 15 is 0 Å². The molecule has 0 aromatic heterocycles. The predicted molar refractivity (Wildman–Crippen MR) is 50.1 cm³/mol. The summed E-state index contributed by atoms with van der Waals surface area (Å²) in [5.74, 6) is 0. The maximum absolute atomic E-state index is 10.9. The number of nitrogens with one attached hydrogen (secondary N) is 1. The summed E-state index contributed by atoms with van der Waals surface area (Å²) >= 11 is 0. The Hall–Kier alpha value is -1.46. The summed E-state index contributed by atoms with van der Waals surface area (Å²) in [5.41, 5.74) is 0. The number of hydrogen-bond acceptors (Lipinski definition) is 3. The number of rotatable bonds is 2. The standard InChI is InChI=1S/C8H15N3O3/c1-5(2)9-7(12)10-11-8(13)14-6(3)4/h5-6H,1-4H3,(H,9,12)/b11-10+. The van der Waals surface area contributed by atoms with Crippen molar-refractivity contribution >= 4 is 12.1 Å². The second-order valence-corrected chi connectivity index (χ2v) is 3.24. The lowest BCUT2D eigenvalue weighted by molar-refractivity contribution is 0.124. The molecule has 0 saturated heterocycles. The van der Waals surface area contributed by atoms with E-state index in [4.69, 9.17) is 0 Å². The summed E-state index contributed by atoms with van der Waals surface area (Å²) in [4.78, 5) is 21.6. The van der Waals surface area contributed by atoms with Crippen LogP contribution in [0.15, 0.2) is 10.2 Å². The molecule has 0 rings (SSSR count). The van der Waals surface area contributed by atoms with Crippen LogP contribution in [0.4, 0.5) is 9.59 Å². The lowest BCUT2D eigenvalue weighted by Crippen LogP contribution is -2.27. The highest BCUT2D eigenvalue weighted by atomic mass is 16.6. The fourth-order valence-corrected chi connectivity index (χ4v) is 0.587. The third-order valence-corrected chi connectivity index (χ3v) is 0.971. The van der Waals surface area contributed by atoms with E-state index < -0.39 is 12.1 Å². The van der Waals surface area contributed by atoms with Crippen molar-refractivity contribution in [3.05, 3.63) is 0 Å². The van der Waals surface area contributed by atoms with E-state index in [1.807, 2.05) is 0 Å². The SMILES string of the molecule is CC(C)NC(=O)/N=N/C(=O)OC(C)C. The Balaban J connectivity index is 3.92. The van der Waals surface area contributed by atoms with Crippen molar-refractivity contribution in [1.82, 2.24) is 5.32 Å². The smallest absolute Gasteiger partial charge is 0.444 e. The summed E-state index contributed by atoms with van der Waals surface area (Å²) in [6.07, 6.45) is -1.13. The summed E-state index contributed by atoms with van der Waals surface area (Å²) < 4.78 is 4.63. The fourth-order valence-electron chi connectivity index (χ4n) is 0.587. The molecular weight excluding hydrogens is 186 g/mol. The highest BCUT2D eigenvalue weighted by molar-refractivity contribution is 5.77. The monoisotopic (exact) mass is 201 g/mol. The fraction of sp³-hybridized carbons (Fsp3) is 0.750. The van der Waals surface area contributed by atoms with E-state index in [-0.39, 0.29) is 12.1 Å². The molecule has 0 heterocycles. The lowest BCUT2D eigenvalue weighted by atomic mass is 10.4. The normalized spacial score (nSPS) is 11.0. The molecule has 3 amide bonds. The molecule has 0 atom stereocenters. The molecule has 0 aromatic carbocycles. The van der Waals surface area contributed by atoms with Crippen molar-refractivity contribution in [2.45, 2.75) is 39.8 Å². The zero-order chi connectivity index (χ0) is 11.1. The number of carbonyl (C=O) groups excluding carboxylic acids is 2. The minimum Gasteiger partial charge on any atom is -0.444 e. The Labute approximate surface area is 82.7 Å². The molecule has 0 aromatic rings. The van der Waals surface area contributed by atoms with Crippen molar-refractivity contribution in [2.75, 3.05) is 0 Å². The van der Waals surface area contributed by atoms with Gasteiger partial charge in [-0.25, -0.2) is 9.59 Å². The minimum absolute atomic E-state index is 0.0393. The van der Waals surface area contributed by atoms with Gasteiger partial charge in [0.15, 0.2) is 0 Å². The van der Waals surface area contributed by atoms with Crippen molar-refractivity contribution in [3.8, 4) is 0 Å². The topological polar surface area (TPSA) is 80.1 Å². The van der Waals surface area contributed by atoms with Crippen LogP contribution in [0.1, 0.15) is 27.7 Å². The van der Waals surface area contributed by atoms with Gasteiger partial charge in [0.05, 0.1) is 6.10 Å². The van der Waals surface area contributed by atoms with Gasteiger partial charge in [-0.3, -0.25) is 0 Å². The van der Waals surface area contributed by atoms with Crippen LogP contribution in [-0.4, -0.2) is 24.3 Å². The van der Waals surface area contributed by atoms with Gasteiger partial charge in [-0.15, -0.1) is 0 Å². The van der Waals surface area contributed by atoms with E-state index in [9.17, 15) is 9.59 Å². The molecule has 0 aliphatic rings. The number of azo groups is 1. The van der Waals surface area contributed by atoms with Gasteiger partial charge in [0, 0.05) is 6.04 Å². The van der Waals surface area contributed by atoms with Gasteiger partial charge in [-0.2, -0.15) is 0 Å². The van der Waals surface area contributed by atoms with Gasteiger partial charge >= 0.3 is 12.1 Å². The van der Waals surface area contributed by atoms with Crippen molar-refractivity contribution in [1.29, 1.82) is 0 Å². The Bertz CT molecular complexity index is 212. The van der Waals surface area contributed by atoms with Gasteiger partial charge < -0.3 is 10.1 Å². The molecule has 1 N–H and O–H groups in total. The summed E-state index contributed by atoms with van der Waals surface area (Å²) in [6.45, 7) is 6.92. The van der Waals surface area contributed by atoms with Crippen molar-refractivity contribution < 1.29 is 14.3 Å². The quantitative estimate of drug-likeness (QED) is 0.694. The zero-order valence-corrected chi connectivity index (χ0v) is 8.77. The summed E-state index contributed by atoms with van der Waals surface area (Å²) in [5, 5.41) is 8.63. The molecule has 0 radical (unpaired) electrons. The number of hydrogen-bond donors (Lipinski definition) is 1. The second-order valence-electron chi connectivity index (χ2n) is 3.24. The molecule has 0 spiro atoms. The van der Waals surface area contributed by atoms with E-state index in [2.05, 4.69) is 20.3 Å². The molecular formula is C8H15N3O3. The van der Waals surface area contributed by atoms with Crippen molar-refractivity contribution in [2.24, 2.45) is 10.2 Å². The van der Waals surface area contributed by atoms with Gasteiger partial charge in [0.25, 0.3) is 0 Å². The highest BCUT2D eigenvalue weighted by Crippen LogP contribution is 1.93. The van der Waals surface area contributed by atoms with Gasteiger partial charge in [0.2, 0.25) is 0 Å². The Morgan fingerprint density at radius 3 is 2.14 bits per heavy atom. The van der Waals surface area contributed by atoms with Crippen LogP contribution in [-0.2, 0) is 4.74 Å². The largest absolute Gasteiger partial charge is 0.452 e. The maximum Gasteiger partial charge on any atom is 0.452 e. The Morgan fingerprint density at radius 2 is 1.71 bits per heavy atom. The molecule has 6 heteroatoms. The first-order chi connectivity index (χ1) is 6.41. The third kappa shape index (κ3) is 7.20. The highest BCUT2D eigenvalue weighted by Gasteiger charge is 2.05. The van der Waals surface area contributed by atoms with Crippen LogP contribution in [0.3, 0.4) is 0 Å². The van der Waals surface area contributed by atoms with E-state index in [0.717, 1.165) is 0 Å². The third-order valence-electron chi connectivity index (χ3n) is 0.971. The molecule has 0 aliphatic carbocycles. The van der Waals surface area contributed by atoms with Crippen LogP contribution in [0.2, 0.25) is 0 Å². The minimum atomic E-state index is -0.862. The lowest BCUT2D eigenvalue weighted by Gasteiger charge is -2.03. The zero-order valence-electron chi connectivity index (χ0n) is 8.77. The number of urea groups is 1. The first-order valence-corrected chi connectivity index (χ1v) is 4.34. The number of nitrogens with zero attached hydrogens (tertiary/aromatic N) is 2. The number of amides is 3. The number of ether oxygens (including phenoxy) is 1. The van der Waals surface area contributed by atoms with E-state index in [1.165, 1.54) is 0 Å². The summed E-state index contributed by atoms with van der Waals surface area (Å²) in [7, 11) is 0.